The zero-order valence-electron chi connectivity index (χ0n) is 18.3. The largest absolute Gasteiger partial charge is 0.456 e. The molecule has 0 radical (unpaired) electrons. The van der Waals surface area contributed by atoms with Gasteiger partial charge in [0, 0.05) is 23.1 Å². The minimum absolute atomic E-state index is 0.158. The fourth-order valence-corrected chi connectivity index (χ4v) is 3.44. The quantitative estimate of drug-likeness (QED) is 0.496. The Balaban J connectivity index is 1.71. The molecular weight excluding hydrogens is 464 g/mol. The summed E-state index contributed by atoms with van der Waals surface area (Å²) in [5, 5.41) is 9.65. The van der Waals surface area contributed by atoms with E-state index in [-0.39, 0.29) is 18.9 Å². The third kappa shape index (κ3) is 7.82. The average molecular weight is 493 g/mol. The lowest BCUT2D eigenvalue weighted by molar-refractivity contribution is -0.148. The maximum absolute atomic E-state index is 12.0. The van der Waals surface area contributed by atoms with E-state index in [1.165, 1.54) is 0 Å². The molecule has 0 aliphatic heterocycles. The van der Waals surface area contributed by atoms with Crippen LogP contribution in [0.25, 0.3) is 0 Å². The predicted molar refractivity (Wildman–Crippen MR) is 122 cm³/mol. The molecule has 0 spiro atoms. The van der Waals surface area contributed by atoms with Crippen molar-refractivity contribution in [3.8, 4) is 0 Å². The van der Waals surface area contributed by atoms with Gasteiger partial charge >= 0.3 is 5.97 Å². The van der Waals surface area contributed by atoms with Crippen molar-refractivity contribution < 1.29 is 19.1 Å². The van der Waals surface area contributed by atoms with Crippen molar-refractivity contribution >= 4 is 39.4 Å². The molecule has 0 unspecified atom stereocenters. The summed E-state index contributed by atoms with van der Waals surface area (Å²) in [6.45, 7) is 8.36. The van der Waals surface area contributed by atoms with Crippen LogP contribution < -0.4 is 10.6 Å². The number of rotatable bonds is 10. The van der Waals surface area contributed by atoms with Crippen molar-refractivity contribution in [2.75, 3.05) is 18.5 Å². The second kappa shape index (κ2) is 11.6. The number of carbonyl (C=O) groups is 3. The number of amides is 2. The molecule has 9 heteroatoms. The number of aromatic nitrogens is 2. The van der Waals surface area contributed by atoms with Crippen LogP contribution in [0.3, 0.4) is 0 Å². The van der Waals surface area contributed by atoms with E-state index >= 15 is 0 Å². The second-order valence-corrected chi connectivity index (χ2v) is 8.55. The number of carbonyl (C=O) groups excluding carboxylic acids is 3. The summed E-state index contributed by atoms with van der Waals surface area (Å²) in [6, 6.07) is 7.15. The summed E-state index contributed by atoms with van der Waals surface area (Å²) in [7, 11) is 0. The minimum atomic E-state index is -0.534. The maximum Gasteiger partial charge on any atom is 0.306 e. The maximum atomic E-state index is 12.0. The fourth-order valence-electron chi connectivity index (χ4n) is 3.05. The molecule has 0 saturated heterocycles. The molecule has 1 aromatic heterocycles. The Morgan fingerprint density at radius 3 is 2.55 bits per heavy atom. The lowest BCUT2D eigenvalue weighted by Gasteiger charge is -2.09. The number of nitrogens with zero attached hydrogens (tertiary/aromatic N) is 2. The molecule has 2 N–H and O–H groups in total. The third-order valence-corrected chi connectivity index (χ3v) is 5.30. The highest BCUT2D eigenvalue weighted by molar-refractivity contribution is 9.10. The first-order valence-electron chi connectivity index (χ1n) is 10.2. The summed E-state index contributed by atoms with van der Waals surface area (Å²) in [5.41, 5.74) is 3.59. The number of hydrogen-bond acceptors (Lipinski definition) is 5. The average Bonchev–Trinajstić information content (AvgIpc) is 2.97. The molecule has 31 heavy (non-hydrogen) atoms. The number of hydrogen-bond donors (Lipinski definition) is 2. The van der Waals surface area contributed by atoms with Gasteiger partial charge in [-0.3, -0.25) is 19.1 Å². The van der Waals surface area contributed by atoms with Crippen LogP contribution in [0.2, 0.25) is 0 Å². The highest BCUT2D eigenvalue weighted by Gasteiger charge is 2.15. The smallest absolute Gasteiger partial charge is 0.306 e. The monoisotopic (exact) mass is 492 g/mol. The zero-order chi connectivity index (χ0) is 23.0. The third-order valence-electron chi connectivity index (χ3n) is 4.61. The van der Waals surface area contributed by atoms with Crippen LogP contribution in [-0.2, 0) is 32.1 Å². The molecule has 0 fully saturated rings. The molecule has 8 nitrogen and oxygen atoms in total. The van der Waals surface area contributed by atoms with Crippen molar-refractivity contribution in [2.45, 2.75) is 47.1 Å². The van der Waals surface area contributed by atoms with Gasteiger partial charge < -0.3 is 15.4 Å². The van der Waals surface area contributed by atoms with Crippen LogP contribution in [0.15, 0.2) is 28.7 Å². The van der Waals surface area contributed by atoms with Crippen LogP contribution in [0.1, 0.15) is 37.2 Å². The molecule has 168 valence electrons. The number of nitrogens with one attached hydrogen (secondary N) is 2. The summed E-state index contributed by atoms with van der Waals surface area (Å²) in [4.78, 5) is 35.8. The van der Waals surface area contributed by atoms with Crippen molar-refractivity contribution in [1.29, 1.82) is 0 Å². The summed E-state index contributed by atoms with van der Waals surface area (Å²) in [5.74, 6) is -0.905. The van der Waals surface area contributed by atoms with E-state index in [2.05, 4.69) is 45.5 Å². The van der Waals surface area contributed by atoms with Gasteiger partial charge in [0.25, 0.3) is 5.91 Å². The molecule has 1 aromatic carbocycles. The van der Waals surface area contributed by atoms with E-state index in [4.69, 9.17) is 4.74 Å². The molecule has 2 rings (SSSR count). The Labute approximate surface area is 190 Å². The second-order valence-electron chi connectivity index (χ2n) is 7.69. The standard InChI is InChI=1S/C22H29BrN4O4/c1-14(2)12-27-16(4)17(15(3)26-27)9-10-22(30)31-13-21(29)24-11-20(28)25-19-8-6-5-7-18(19)23/h5-8,14H,9-13H2,1-4H3,(H,24,29)(H,25,28). The Morgan fingerprint density at radius 2 is 1.87 bits per heavy atom. The van der Waals surface area contributed by atoms with E-state index in [0.717, 1.165) is 28.0 Å². The van der Waals surface area contributed by atoms with Crippen molar-refractivity contribution in [2.24, 2.45) is 5.92 Å². The van der Waals surface area contributed by atoms with Gasteiger partial charge in [0.1, 0.15) is 0 Å². The molecule has 0 saturated carbocycles. The van der Waals surface area contributed by atoms with Gasteiger partial charge in [-0.25, -0.2) is 0 Å². The zero-order valence-corrected chi connectivity index (χ0v) is 19.9. The van der Waals surface area contributed by atoms with E-state index in [1.807, 2.05) is 24.6 Å². The molecule has 2 amide bonds. The van der Waals surface area contributed by atoms with E-state index in [1.54, 1.807) is 18.2 Å². The van der Waals surface area contributed by atoms with Gasteiger partial charge in [0.2, 0.25) is 5.91 Å². The van der Waals surface area contributed by atoms with E-state index in [9.17, 15) is 14.4 Å². The highest BCUT2D eigenvalue weighted by Crippen LogP contribution is 2.20. The van der Waals surface area contributed by atoms with E-state index in [0.29, 0.717) is 18.0 Å². The van der Waals surface area contributed by atoms with Crippen molar-refractivity contribution in [3.63, 3.8) is 0 Å². The lowest BCUT2D eigenvalue weighted by atomic mass is 10.1. The Morgan fingerprint density at radius 1 is 1.16 bits per heavy atom. The van der Waals surface area contributed by atoms with Crippen molar-refractivity contribution in [3.05, 3.63) is 45.7 Å². The number of ether oxygens (including phenoxy) is 1. The number of para-hydroxylation sites is 1. The number of esters is 1. The molecule has 1 heterocycles. The molecule has 0 bridgehead atoms. The van der Waals surface area contributed by atoms with Gasteiger partial charge in [-0.1, -0.05) is 26.0 Å². The number of aryl methyl sites for hydroxylation is 1. The van der Waals surface area contributed by atoms with Crippen LogP contribution in [0, 0.1) is 19.8 Å². The van der Waals surface area contributed by atoms with Crippen LogP contribution >= 0.6 is 15.9 Å². The predicted octanol–water partition coefficient (Wildman–Crippen LogP) is 3.15. The van der Waals surface area contributed by atoms with Gasteiger partial charge in [0.05, 0.1) is 17.9 Å². The number of benzene rings is 1. The number of halogens is 1. The molecule has 0 aliphatic rings. The highest BCUT2D eigenvalue weighted by atomic mass is 79.9. The van der Waals surface area contributed by atoms with Crippen LogP contribution in [0.5, 0.6) is 0 Å². The summed E-state index contributed by atoms with van der Waals surface area (Å²) >= 11 is 3.33. The number of anilines is 1. The van der Waals surface area contributed by atoms with Gasteiger partial charge in [-0.15, -0.1) is 0 Å². The minimum Gasteiger partial charge on any atom is -0.456 e. The first-order valence-corrected chi connectivity index (χ1v) is 11.0. The molecule has 0 aliphatic carbocycles. The molecule has 2 aromatic rings. The SMILES string of the molecule is Cc1nn(CC(C)C)c(C)c1CCC(=O)OCC(=O)NCC(=O)Nc1ccccc1Br. The Kier molecular flexibility index (Phi) is 9.23. The summed E-state index contributed by atoms with van der Waals surface area (Å²) in [6.07, 6.45) is 0.662. The van der Waals surface area contributed by atoms with Gasteiger partial charge in [0.15, 0.2) is 6.61 Å². The lowest BCUT2D eigenvalue weighted by Crippen LogP contribution is -2.35. The van der Waals surface area contributed by atoms with Gasteiger partial charge in [-0.2, -0.15) is 5.10 Å². The molecular formula is C22H29BrN4O4. The first kappa shape index (κ1) is 24.6. The van der Waals surface area contributed by atoms with Gasteiger partial charge in [-0.05, 0) is 59.8 Å². The Bertz CT molecular complexity index is 940. The van der Waals surface area contributed by atoms with Crippen LogP contribution in [-0.4, -0.2) is 40.7 Å². The fraction of sp³-hybridized carbons (Fsp3) is 0.455. The first-order chi connectivity index (χ1) is 14.7. The summed E-state index contributed by atoms with van der Waals surface area (Å²) < 4.78 is 7.73. The Hall–Kier alpha value is -2.68. The van der Waals surface area contributed by atoms with E-state index < -0.39 is 18.5 Å². The van der Waals surface area contributed by atoms with Crippen LogP contribution in [0.4, 0.5) is 5.69 Å². The normalized spacial score (nSPS) is 10.8. The topological polar surface area (TPSA) is 102 Å². The van der Waals surface area contributed by atoms with Crippen molar-refractivity contribution in [1.82, 2.24) is 15.1 Å². The molecule has 0 atom stereocenters.